The number of primary amides is 1. The molecule has 0 aromatic rings. The molecule has 12 heavy (non-hydrogen) atoms. The lowest BCUT2D eigenvalue weighted by atomic mass is 9.96. The van der Waals surface area contributed by atoms with Crippen molar-refractivity contribution in [1.29, 1.82) is 0 Å². The number of carboxylic acid groups (broad SMARTS) is 1. The maximum atomic E-state index is 10.6. The Kier molecular flexibility index (Phi) is 4.10. The quantitative estimate of drug-likeness (QED) is 0.560. The lowest BCUT2D eigenvalue weighted by Crippen LogP contribution is -2.38. The van der Waals surface area contributed by atoms with Crippen molar-refractivity contribution in [2.75, 3.05) is 6.54 Å². The second-order valence-corrected chi connectivity index (χ2v) is 2.93. The van der Waals surface area contributed by atoms with Crippen LogP contribution in [0.25, 0.3) is 0 Å². The summed E-state index contributed by atoms with van der Waals surface area (Å²) in [6.45, 7) is 3.64. The number of carbonyl (C=O) groups excluding carboxylic acids is 1. The second-order valence-electron chi connectivity index (χ2n) is 2.93. The van der Waals surface area contributed by atoms with Crippen molar-refractivity contribution < 1.29 is 14.7 Å². The Morgan fingerprint density at radius 1 is 1.50 bits per heavy atom. The third-order valence-corrected chi connectivity index (χ3v) is 1.62. The molecule has 0 bridgehead atoms. The minimum atomic E-state index is -0.918. The van der Waals surface area contributed by atoms with Crippen molar-refractivity contribution >= 4 is 12.0 Å². The van der Waals surface area contributed by atoms with E-state index in [0.717, 1.165) is 0 Å². The molecule has 0 aliphatic carbocycles. The van der Waals surface area contributed by atoms with E-state index in [-0.39, 0.29) is 12.5 Å². The van der Waals surface area contributed by atoms with Gasteiger partial charge in [0.25, 0.3) is 0 Å². The Morgan fingerprint density at radius 3 is 2.25 bits per heavy atom. The summed E-state index contributed by atoms with van der Waals surface area (Å²) in [5.74, 6) is -1.51. The molecular formula is C7H14N2O3. The molecule has 0 radical (unpaired) electrons. The Bertz CT molecular complexity index is 179. The van der Waals surface area contributed by atoms with Crippen molar-refractivity contribution in [2.45, 2.75) is 13.8 Å². The van der Waals surface area contributed by atoms with Gasteiger partial charge in [-0.25, -0.2) is 4.79 Å². The minimum absolute atomic E-state index is 0.0191. The summed E-state index contributed by atoms with van der Waals surface area (Å²) < 4.78 is 0. The fourth-order valence-electron chi connectivity index (χ4n) is 0.819. The summed E-state index contributed by atoms with van der Waals surface area (Å²) in [4.78, 5) is 20.8. The number of aliphatic carboxylic acids is 1. The van der Waals surface area contributed by atoms with Gasteiger partial charge in [-0.1, -0.05) is 13.8 Å². The molecule has 4 N–H and O–H groups in total. The van der Waals surface area contributed by atoms with Crippen LogP contribution in [0, 0.1) is 11.8 Å². The van der Waals surface area contributed by atoms with Crippen molar-refractivity contribution in [1.82, 2.24) is 5.32 Å². The van der Waals surface area contributed by atoms with Crippen molar-refractivity contribution in [3.05, 3.63) is 0 Å². The topological polar surface area (TPSA) is 92.4 Å². The number of carboxylic acids is 1. The average molecular weight is 174 g/mol. The fourth-order valence-corrected chi connectivity index (χ4v) is 0.819. The number of hydrogen-bond donors (Lipinski definition) is 3. The zero-order valence-electron chi connectivity index (χ0n) is 7.20. The molecule has 5 heteroatoms. The first-order valence-electron chi connectivity index (χ1n) is 3.71. The number of nitrogens with one attached hydrogen (secondary N) is 1. The first-order valence-corrected chi connectivity index (χ1v) is 3.71. The number of urea groups is 1. The molecule has 0 saturated heterocycles. The van der Waals surface area contributed by atoms with Gasteiger partial charge in [-0.2, -0.15) is 0 Å². The number of amides is 2. The van der Waals surface area contributed by atoms with E-state index < -0.39 is 17.9 Å². The molecule has 0 aliphatic heterocycles. The van der Waals surface area contributed by atoms with Gasteiger partial charge < -0.3 is 16.2 Å². The van der Waals surface area contributed by atoms with Gasteiger partial charge in [0.2, 0.25) is 0 Å². The van der Waals surface area contributed by atoms with E-state index in [0.29, 0.717) is 0 Å². The Hall–Kier alpha value is -1.26. The van der Waals surface area contributed by atoms with E-state index in [2.05, 4.69) is 5.32 Å². The van der Waals surface area contributed by atoms with Crippen LogP contribution in [-0.2, 0) is 4.79 Å². The molecule has 0 fully saturated rings. The molecular weight excluding hydrogens is 160 g/mol. The van der Waals surface area contributed by atoms with Crippen LogP contribution in [0.5, 0.6) is 0 Å². The number of carbonyl (C=O) groups is 2. The number of rotatable bonds is 4. The predicted octanol–water partition coefficient (Wildman–Crippen LogP) is 0.0115. The minimum Gasteiger partial charge on any atom is -0.481 e. The predicted molar refractivity (Wildman–Crippen MR) is 43.5 cm³/mol. The van der Waals surface area contributed by atoms with Gasteiger partial charge in [-0.15, -0.1) is 0 Å². The van der Waals surface area contributed by atoms with Crippen LogP contribution in [0.2, 0.25) is 0 Å². The van der Waals surface area contributed by atoms with E-state index in [1.807, 2.05) is 0 Å². The smallest absolute Gasteiger partial charge is 0.312 e. The maximum Gasteiger partial charge on any atom is 0.312 e. The molecule has 0 aromatic heterocycles. The standard InChI is InChI=1S/C7H14N2O3/c1-4(2)5(6(10)11)3-9-7(8)12/h4-5H,3H2,1-2H3,(H,10,11)(H3,8,9,12). The largest absolute Gasteiger partial charge is 0.481 e. The number of nitrogens with two attached hydrogens (primary N) is 1. The molecule has 1 atom stereocenters. The molecule has 2 amide bonds. The monoisotopic (exact) mass is 174 g/mol. The van der Waals surface area contributed by atoms with Crippen molar-refractivity contribution in [2.24, 2.45) is 17.6 Å². The van der Waals surface area contributed by atoms with E-state index >= 15 is 0 Å². The lowest BCUT2D eigenvalue weighted by Gasteiger charge is -2.15. The van der Waals surface area contributed by atoms with Gasteiger partial charge >= 0.3 is 12.0 Å². The highest BCUT2D eigenvalue weighted by Gasteiger charge is 2.21. The lowest BCUT2D eigenvalue weighted by molar-refractivity contribution is -0.142. The Labute approximate surface area is 70.9 Å². The third kappa shape index (κ3) is 3.80. The molecule has 0 heterocycles. The average Bonchev–Trinajstić information content (AvgIpc) is 1.84. The third-order valence-electron chi connectivity index (χ3n) is 1.62. The SMILES string of the molecule is CC(C)C(CNC(N)=O)C(=O)O. The molecule has 0 rings (SSSR count). The van der Waals surface area contributed by atoms with Crippen LogP contribution in [-0.4, -0.2) is 23.7 Å². The van der Waals surface area contributed by atoms with Gasteiger partial charge in [0.15, 0.2) is 0 Å². The molecule has 0 aliphatic rings. The van der Waals surface area contributed by atoms with Crippen LogP contribution in [0.3, 0.4) is 0 Å². The van der Waals surface area contributed by atoms with Gasteiger partial charge in [-0.05, 0) is 5.92 Å². The Balaban J connectivity index is 3.97. The second kappa shape index (κ2) is 4.58. The van der Waals surface area contributed by atoms with E-state index in [1.165, 1.54) is 0 Å². The van der Waals surface area contributed by atoms with Gasteiger partial charge in [0.1, 0.15) is 0 Å². The van der Waals surface area contributed by atoms with Crippen molar-refractivity contribution in [3.63, 3.8) is 0 Å². The summed E-state index contributed by atoms with van der Waals surface area (Å²) in [7, 11) is 0. The highest BCUT2D eigenvalue weighted by Crippen LogP contribution is 2.09. The highest BCUT2D eigenvalue weighted by molar-refractivity contribution is 5.74. The summed E-state index contributed by atoms with van der Waals surface area (Å²) in [6, 6.07) is -0.693. The zero-order valence-corrected chi connectivity index (χ0v) is 7.20. The van der Waals surface area contributed by atoms with E-state index in [4.69, 9.17) is 10.8 Å². The normalized spacial score (nSPS) is 12.6. The van der Waals surface area contributed by atoms with Crippen LogP contribution in [0.4, 0.5) is 4.79 Å². The van der Waals surface area contributed by atoms with Crippen molar-refractivity contribution in [3.8, 4) is 0 Å². The maximum absolute atomic E-state index is 10.6. The zero-order chi connectivity index (χ0) is 9.72. The molecule has 0 aromatic carbocycles. The molecule has 1 unspecified atom stereocenters. The van der Waals surface area contributed by atoms with Gasteiger partial charge in [0.05, 0.1) is 5.92 Å². The van der Waals surface area contributed by atoms with Crippen LogP contribution < -0.4 is 11.1 Å². The highest BCUT2D eigenvalue weighted by atomic mass is 16.4. The first kappa shape index (κ1) is 10.7. The summed E-state index contributed by atoms with van der Waals surface area (Å²) in [5.41, 5.74) is 4.80. The van der Waals surface area contributed by atoms with Crippen LogP contribution >= 0.6 is 0 Å². The van der Waals surface area contributed by atoms with E-state index in [9.17, 15) is 9.59 Å². The first-order chi connectivity index (χ1) is 5.45. The van der Waals surface area contributed by atoms with Gasteiger partial charge in [-0.3, -0.25) is 4.79 Å². The van der Waals surface area contributed by atoms with Crippen LogP contribution in [0.1, 0.15) is 13.8 Å². The van der Waals surface area contributed by atoms with E-state index in [1.54, 1.807) is 13.8 Å². The van der Waals surface area contributed by atoms with Crippen LogP contribution in [0.15, 0.2) is 0 Å². The molecule has 70 valence electrons. The number of hydrogen-bond acceptors (Lipinski definition) is 2. The summed E-state index contributed by atoms with van der Waals surface area (Å²) >= 11 is 0. The molecule has 0 spiro atoms. The molecule has 0 saturated carbocycles. The molecule has 5 nitrogen and oxygen atoms in total. The fraction of sp³-hybridized carbons (Fsp3) is 0.714. The summed E-state index contributed by atoms with van der Waals surface area (Å²) in [6.07, 6.45) is 0. The Morgan fingerprint density at radius 2 is 2.00 bits per heavy atom. The van der Waals surface area contributed by atoms with Gasteiger partial charge in [0, 0.05) is 6.54 Å². The summed E-state index contributed by atoms with van der Waals surface area (Å²) in [5, 5.41) is 10.9.